The fourth-order valence-corrected chi connectivity index (χ4v) is 3.61. The molecule has 7 nitrogen and oxygen atoms in total. The number of alkyl halides is 3. The summed E-state index contributed by atoms with van der Waals surface area (Å²) in [5, 5.41) is 6.51. The van der Waals surface area contributed by atoms with Gasteiger partial charge in [-0.2, -0.15) is 18.2 Å². The van der Waals surface area contributed by atoms with Crippen LogP contribution in [0.3, 0.4) is 0 Å². The van der Waals surface area contributed by atoms with E-state index >= 15 is 0 Å². The van der Waals surface area contributed by atoms with Crippen LogP contribution in [0.4, 0.5) is 24.9 Å². The van der Waals surface area contributed by atoms with Gasteiger partial charge in [-0.3, -0.25) is 4.79 Å². The van der Waals surface area contributed by atoms with Gasteiger partial charge in [-0.25, -0.2) is 4.98 Å². The molecule has 0 saturated heterocycles. The van der Waals surface area contributed by atoms with Gasteiger partial charge < -0.3 is 21.1 Å². The Kier molecular flexibility index (Phi) is 5.97. The van der Waals surface area contributed by atoms with E-state index < -0.39 is 18.7 Å². The maximum Gasteiger partial charge on any atom is 0.411 e. The Morgan fingerprint density at radius 2 is 2.00 bits per heavy atom. The standard InChI is InChI=1S/C18H26F3N5O2/c1-17(7-2-8-17)26-15-13(14(22)27)9-23-16(25-15)24-11-3-5-12(6-4-11)28-10-18(19,20)21/h9,11-12H,2-8,10H2,1H3,(H2,22,27)(H2,23,24,25,26)/t11-,12-. The third-order valence-electron chi connectivity index (χ3n) is 5.42. The highest BCUT2D eigenvalue weighted by Gasteiger charge is 2.33. The van der Waals surface area contributed by atoms with E-state index in [-0.39, 0.29) is 23.2 Å². The Morgan fingerprint density at radius 3 is 2.54 bits per heavy atom. The number of halogens is 3. The number of nitrogens with two attached hydrogens (primary N) is 1. The van der Waals surface area contributed by atoms with Crippen LogP contribution in [0.5, 0.6) is 0 Å². The van der Waals surface area contributed by atoms with Crippen molar-refractivity contribution in [3.05, 3.63) is 11.8 Å². The molecular formula is C18H26F3N5O2. The fraction of sp³-hybridized carbons (Fsp3) is 0.722. The second-order valence-electron chi connectivity index (χ2n) is 7.90. The number of hydrogen-bond donors (Lipinski definition) is 3. The predicted octanol–water partition coefficient (Wildman–Crippen LogP) is 3.23. The van der Waals surface area contributed by atoms with Crippen molar-refractivity contribution in [2.24, 2.45) is 5.73 Å². The largest absolute Gasteiger partial charge is 0.411 e. The van der Waals surface area contributed by atoms with Gasteiger partial charge in [0.1, 0.15) is 12.4 Å². The van der Waals surface area contributed by atoms with E-state index in [1.807, 2.05) is 0 Å². The number of primary amides is 1. The number of carbonyl (C=O) groups excluding carboxylic acids is 1. The second-order valence-corrected chi connectivity index (χ2v) is 7.90. The molecular weight excluding hydrogens is 375 g/mol. The summed E-state index contributed by atoms with van der Waals surface area (Å²) >= 11 is 0. The second kappa shape index (κ2) is 8.10. The first-order valence-electron chi connectivity index (χ1n) is 9.53. The van der Waals surface area contributed by atoms with Crippen molar-refractivity contribution in [2.75, 3.05) is 17.2 Å². The molecule has 1 aromatic heterocycles. The molecule has 1 heterocycles. The van der Waals surface area contributed by atoms with Gasteiger partial charge in [0.15, 0.2) is 0 Å². The highest BCUT2D eigenvalue weighted by molar-refractivity contribution is 5.97. The summed E-state index contributed by atoms with van der Waals surface area (Å²) in [5.41, 5.74) is 5.56. The summed E-state index contributed by atoms with van der Waals surface area (Å²) in [6.07, 6.45) is 2.20. The summed E-state index contributed by atoms with van der Waals surface area (Å²) in [7, 11) is 0. The van der Waals surface area contributed by atoms with Crippen LogP contribution in [-0.2, 0) is 4.74 Å². The zero-order chi connectivity index (χ0) is 20.4. The third-order valence-corrected chi connectivity index (χ3v) is 5.42. The average molecular weight is 401 g/mol. The molecule has 10 heteroatoms. The molecule has 0 spiro atoms. The van der Waals surface area contributed by atoms with Crippen molar-refractivity contribution in [3.8, 4) is 0 Å². The lowest BCUT2D eigenvalue weighted by Crippen LogP contribution is -2.42. The number of hydrogen-bond acceptors (Lipinski definition) is 6. The van der Waals surface area contributed by atoms with E-state index in [1.165, 1.54) is 6.20 Å². The molecule has 1 amide bonds. The highest BCUT2D eigenvalue weighted by Crippen LogP contribution is 2.35. The van der Waals surface area contributed by atoms with E-state index in [0.29, 0.717) is 37.4 Å². The first kappa shape index (κ1) is 20.6. The van der Waals surface area contributed by atoms with Crippen molar-refractivity contribution in [1.82, 2.24) is 9.97 Å². The summed E-state index contributed by atoms with van der Waals surface area (Å²) in [6.45, 7) is 0.861. The van der Waals surface area contributed by atoms with Gasteiger partial charge in [0.05, 0.1) is 11.7 Å². The maximum absolute atomic E-state index is 12.3. The summed E-state index contributed by atoms with van der Waals surface area (Å²) in [6, 6.07) is 0.0392. The molecule has 156 valence electrons. The molecule has 0 unspecified atom stereocenters. The predicted molar refractivity (Wildman–Crippen MR) is 98.1 cm³/mol. The van der Waals surface area contributed by atoms with Crippen LogP contribution in [0, 0.1) is 0 Å². The lowest BCUT2D eigenvalue weighted by Gasteiger charge is -2.40. The molecule has 3 rings (SSSR count). The van der Waals surface area contributed by atoms with Crippen LogP contribution in [-0.4, -0.2) is 46.3 Å². The molecule has 0 bridgehead atoms. The number of nitrogens with one attached hydrogen (secondary N) is 2. The smallest absolute Gasteiger partial charge is 0.369 e. The minimum absolute atomic E-state index is 0.0392. The molecule has 0 aromatic carbocycles. The van der Waals surface area contributed by atoms with Crippen LogP contribution in [0.2, 0.25) is 0 Å². The van der Waals surface area contributed by atoms with Gasteiger partial charge in [-0.1, -0.05) is 0 Å². The Labute approximate surface area is 161 Å². The molecule has 0 aliphatic heterocycles. The van der Waals surface area contributed by atoms with Gasteiger partial charge in [0, 0.05) is 17.8 Å². The summed E-state index contributed by atoms with van der Waals surface area (Å²) in [4.78, 5) is 20.3. The van der Waals surface area contributed by atoms with Gasteiger partial charge in [0.2, 0.25) is 5.95 Å². The van der Waals surface area contributed by atoms with E-state index in [9.17, 15) is 18.0 Å². The molecule has 4 N–H and O–H groups in total. The third kappa shape index (κ3) is 5.46. The molecule has 0 atom stereocenters. The monoisotopic (exact) mass is 401 g/mol. The van der Waals surface area contributed by atoms with Crippen LogP contribution in [0.15, 0.2) is 6.20 Å². The number of nitrogens with zero attached hydrogens (tertiary/aromatic N) is 2. The SMILES string of the molecule is CC1(Nc2nc(N[C@H]3CC[C@H](OCC(F)(F)F)CC3)ncc2C(N)=O)CCC1. The molecule has 0 radical (unpaired) electrons. The summed E-state index contributed by atoms with van der Waals surface area (Å²) < 4.78 is 41.7. The zero-order valence-electron chi connectivity index (χ0n) is 15.8. The lowest BCUT2D eigenvalue weighted by molar-refractivity contribution is -0.187. The van der Waals surface area contributed by atoms with E-state index in [2.05, 4.69) is 27.5 Å². The Balaban J connectivity index is 1.58. The van der Waals surface area contributed by atoms with Gasteiger partial charge >= 0.3 is 6.18 Å². The van der Waals surface area contributed by atoms with Crippen LogP contribution >= 0.6 is 0 Å². The number of carbonyl (C=O) groups is 1. The van der Waals surface area contributed by atoms with E-state index in [4.69, 9.17) is 10.5 Å². The molecule has 2 aliphatic carbocycles. The number of aromatic nitrogens is 2. The number of anilines is 2. The van der Waals surface area contributed by atoms with Crippen LogP contribution in [0.1, 0.15) is 62.2 Å². The molecule has 2 saturated carbocycles. The topological polar surface area (TPSA) is 102 Å². The quantitative estimate of drug-likeness (QED) is 0.648. The average Bonchev–Trinajstić information content (AvgIpc) is 2.59. The van der Waals surface area contributed by atoms with Crippen LogP contribution < -0.4 is 16.4 Å². The van der Waals surface area contributed by atoms with Gasteiger partial charge in [-0.05, 0) is 51.9 Å². The van der Waals surface area contributed by atoms with E-state index in [1.54, 1.807) is 0 Å². The normalized spacial score (nSPS) is 24.3. The number of ether oxygens (including phenoxy) is 1. The van der Waals surface area contributed by atoms with Crippen molar-refractivity contribution in [3.63, 3.8) is 0 Å². The maximum atomic E-state index is 12.3. The summed E-state index contributed by atoms with van der Waals surface area (Å²) in [5.74, 6) is 0.184. The van der Waals surface area contributed by atoms with Crippen molar-refractivity contribution in [2.45, 2.75) is 75.7 Å². The number of amides is 1. The van der Waals surface area contributed by atoms with Crippen molar-refractivity contribution >= 4 is 17.7 Å². The molecule has 1 aromatic rings. The van der Waals surface area contributed by atoms with Crippen molar-refractivity contribution in [1.29, 1.82) is 0 Å². The molecule has 2 aliphatic rings. The Morgan fingerprint density at radius 1 is 1.32 bits per heavy atom. The minimum atomic E-state index is -4.30. The lowest BCUT2D eigenvalue weighted by atomic mass is 9.78. The first-order valence-corrected chi connectivity index (χ1v) is 9.53. The fourth-order valence-electron chi connectivity index (χ4n) is 3.61. The van der Waals surface area contributed by atoms with Crippen molar-refractivity contribution < 1.29 is 22.7 Å². The first-order chi connectivity index (χ1) is 13.1. The molecule has 28 heavy (non-hydrogen) atoms. The Bertz CT molecular complexity index is 701. The Hall–Kier alpha value is -2.10. The minimum Gasteiger partial charge on any atom is -0.369 e. The van der Waals surface area contributed by atoms with E-state index in [0.717, 1.165) is 19.3 Å². The van der Waals surface area contributed by atoms with Gasteiger partial charge in [-0.15, -0.1) is 0 Å². The zero-order valence-corrected chi connectivity index (χ0v) is 15.8. The highest BCUT2D eigenvalue weighted by atomic mass is 19.4. The van der Waals surface area contributed by atoms with Gasteiger partial charge in [0.25, 0.3) is 5.91 Å². The number of rotatable bonds is 7. The van der Waals surface area contributed by atoms with Crippen LogP contribution in [0.25, 0.3) is 0 Å². The molecule has 2 fully saturated rings.